The molecule has 0 amide bonds. The van der Waals surface area contributed by atoms with Crippen molar-refractivity contribution in [2.24, 2.45) is 0 Å². The molecule has 9 aromatic carbocycles. The second-order valence-electron chi connectivity index (χ2n) is 21.7. The fraction of sp³-hybridized carbons (Fsp3) is 0.132. The zero-order valence-electron chi connectivity index (χ0n) is 42.2. The Morgan fingerprint density at radius 2 is 1.03 bits per heavy atom. The van der Waals surface area contributed by atoms with Gasteiger partial charge in [-0.3, -0.25) is 4.57 Å². The van der Waals surface area contributed by atoms with E-state index >= 15 is 0 Å². The Kier molecular flexibility index (Phi) is 10.3. The molecule has 0 spiro atoms. The molecule has 5 heteroatoms. The molecule has 0 saturated heterocycles. The Bertz CT molecular complexity index is 3950. The zero-order chi connectivity index (χ0) is 49.6. The van der Waals surface area contributed by atoms with Crippen molar-refractivity contribution in [3.05, 3.63) is 230 Å². The fourth-order valence-electron chi connectivity index (χ4n) is 11.0. The van der Waals surface area contributed by atoms with Gasteiger partial charge in [0.1, 0.15) is 24.0 Å². The van der Waals surface area contributed by atoms with E-state index < -0.39 is 0 Å². The molecule has 0 atom stereocenters. The third-order valence-corrected chi connectivity index (χ3v) is 14.9. The summed E-state index contributed by atoms with van der Waals surface area (Å²) < 4.78 is 9.31. The molecular formula is C68H56N4O. The molecule has 5 nitrogen and oxygen atoms in total. The third-order valence-electron chi connectivity index (χ3n) is 14.9. The maximum Gasteiger partial charge on any atom is 0.138 e. The first-order valence-corrected chi connectivity index (χ1v) is 25.5. The first kappa shape index (κ1) is 44.3. The standard InChI is InChI=1S/C68H56N4O/c1-67(2,3)49-37-57(45-21-11-8-12-22-45)66-59(38-49)55-28-14-13-27-54(55)47-23-17-24-48(35-47)60-39-50(68(4,5)6)40-65(69-60)72-61-34-31-46(44-19-9-7-10-20-44)36-58(61)56-33-32-53(42-64(56)72)73-52-26-18-25-51(41-52)70-43-71(66)63-30-16-15-29-62(63)70/h7-42H,43H2,1-6H3. The summed E-state index contributed by atoms with van der Waals surface area (Å²) in [5.41, 5.74) is 20.1. The number of anilines is 4. The Morgan fingerprint density at radius 3 is 1.79 bits per heavy atom. The van der Waals surface area contributed by atoms with Crippen molar-refractivity contribution < 1.29 is 4.74 Å². The molecule has 0 aliphatic carbocycles. The van der Waals surface area contributed by atoms with E-state index in [2.05, 4.69) is 274 Å². The summed E-state index contributed by atoms with van der Waals surface area (Å²) in [5.74, 6) is 2.37. The summed E-state index contributed by atoms with van der Waals surface area (Å²) in [7, 11) is 0. The lowest BCUT2D eigenvalue weighted by atomic mass is 9.81. The van der Waals surface area contributed by atoms with Crippen LogP contribution in [0.1, 0.15) is 52.7 Å². The summed E-state index contributed by atoms with van der Waals surface area (Å²) in [5, 5.41) is 2.29. The molecule has 0 fully saturated rings. The minimum atomic E-state index is -0.171. The topological polar surface area (TPSA) is 33.5 Å². The van der Waals surface area contributed by atoms with Gasteiger partial charge in [-0.15, -0.1) is 0 Å². The third kappa shape index (κ3) is 7.75. The highest BCUT2D eigenvalue weighted by Crippen LogP contribution is 2.53. The van der Waals surface area contributed by atoms with Gasteiger partial charge in [0, 0.05) is 45.3 Å². The SMILES string of the molecule is CC(C)(C)c1cc2nc(c1)-n1c3ccc(-c4ccccc4)cc3c3ccc(cc31)Oc1cccc(c1)N1CN(c3ccccc31)c1c(-c3ccccc3)cc(C(C)(C)C)cc1-c1ccccc1-c1cccc-2c1. The van der Waals surface area contributed by atoms with Crippen LogP contribution >= 0.6 is 0 Å². The average molecular weight is 945 g/mol. The maximum atomic E-state index is 6.97. The van der Waals surface area contributed by atoms with E-state index in [1.54, 1.807) is 0 Å². The molecule has 0 saturated carbocycles. The van der Waals surface area contributed by atoms with Gasteiger partial charge in [-0.2, -0.15) is 0 Å². The number of ether oxygens (including phenoxy) is 1. The number of pyridine rings is 1. The first-order chi connectivity index (χ1) is 35.4. The van der Waals surface area contributed by atoms with Crippen LogP contribution in [0.4, 0.5) is 22.7 Å². The van der Waals surface area contributed by atoms with Gasteiger partial charge in [0.25, 0.3) is 0 Å². The molecule has 4 heterocycles. The van der Waals surface area contributed by atoms with E-state index in [1.807, 2.05) is 0 Å². The molecule has 2 aliphatic rings. The molecule has 0 radical (unpaired) electrons. The largest absolute Gasteiger partial charge is 0.457 e. The van der Waals surface area contributed by atoms with Crippen LogP contribution in [0.15, 0.2) is 218 Å². The van der Waals surface area contributed by atoms with Gasteiger partial charge in [-0.1, -0.05) is 169 Å². The number of nitrogens with zero attached hydrogens (tertiary/aromatic N) is 4. The Morgan fingerprint density at radius 1 is 0.397 bits per heavy atom. The van der Waals surface area contributed by atoms with E-state index in [0.29, 0.717) is 6.67 Å². The molecule has 10 bridgehead atoms. The van der Waals surface area contributed by atoms with Crippen molar-refractivity contribution >= 4 is 44.6 Å². The van der Waals surface area contributed by atoms with E-state index in [4.69, 9.17) is 9.72 Å². The minimum Gasteiger partial charge on any atom is -0.457 e. The summed E-state index contributed by atoms with van der Waals surface area (Å²) in [4.78, 5) is 10.6. The maximum absolute atomic E-state index is 6.97. The van der Waals surface area contributed by atoms with Crippen LogP contribution in [0.2, 0.25) is 0 Å². The van der Waals surface area contributed by atoms with Crippen molar-refractivity contribution in [3.8, 4) is 73.1 Å². The summed E-state index contributed by atoms with van der Waals surface area (Å²) in [6.45, 7) is 14.4. The van der Waals surface area contributed by atoms with Crippen LogP contribution in [0.5, 0.6) is 11.5 Å². The van der Waals surface area contributed by atoms with Crippen molar-refractivity contribution in [3.63, 3.8) is 0 Å². The number of fused-ring (bicyclic) bond motifs is 23. The van der Waals surface area contributed by atoms with Crippen LogP contribution in [0.25, 0.3) is 83.4 Å². The number of hydrogen-bond donors (Lipinski definition) is 0. The van der Waals surface area contributed by atoms with E-state index in [1.165, 1.54) is 50.2 Å². The highest BCUT2D eigenvalue weighted by Gasteiger charge is 2.33. The molecule has 0 unspecified atom stereocenters. The zero-order valence-corrected chi connectivity index (χ0v) is 42.2. The molecule has 2 aromatic heterocycles. The Balaban J connectivity index is 1.11. The monoisotopic (exact) mass is 944 g/mol. The van der Waals surface area contributed by atoms with E-state index in [-0.39, 0.29) is 10.8 Å². The van der Waals surface area contributed by atoms with Gasteiger partial charge in [-0.05, 0) is 134 Å². The summed E-state index contributed by atoms with van der Waals surface area (Å²) in [6.07, 6.45) is 0. The lowest BCUT2D eigenvalue weighted by Gasteiger charge is -2.31. The van der Waals surface area contributed by atoms with E-state index in [0.717, 1.165) is 78.6 Å². The second-order valence-corrected chi connectivity index (χ2v) is 21.7. The van der Waals surface area contributed by atoms with E-state index in [9.17, 15) is 0 Å². The molecule has 0 N–H and O–H groups in total. The van der Waals surface area contributed by atoms with Gasteiger partial charge in [0.2, 0.25) is 0 Å². The number of aromatic nitrogens is 2. The van der Waals surface area contributed by atoms with Gasteiger partial charge >= 0.3 is 0 Å². The van der Waals surface area contributed by atoms with Crippen LogP contribution in [0, 0.1) is 0 Å². The van der Waals surface area contributed by atoms with Gasteiger partial charge in [0.05, 0.1) is 33.8 Å². The number of rotatable bonds is 2. The predicted molar refractivity (Wildman–Crippen MR) is 305 cm³/mol. The average Bonchev–Trinajstić information content (AvgIpc) is 3.96. The Labute approximate surface area is 428 Å². The number of benzene rings is 9. The highest BCUT2D eigenvalue weighted by molar-refractivity contribution is 6.11. The number of hydrogen-bond acceptors (Lipinski definition) is 4. The highest BCUT2D eigenvalue weighted by atomic mass is 16.5. The lowest BCUT2D eigenvalue weighted by Crippen LogP contribution is -2.25. The molecule has 13 rings (SSSR count). The van der Waals surface area contributed by atoms with Crippen molar-refractivity contribution in [2.45, 2.75) is 52.4 Å². The normalized spacial score (nSPS) is 13.1. The quantitative estimate of drug-likeness (QED) is 0.173. The van der Waals surface area contributed by atoms with Crippen molar-refractivity contribution in [2.75, 3.05) is 16.5 Å². The first-order valence-electron chi connectivity index (χ1n) is 25.5. The summed E-state index contributed by atoms with van der Waals surface area (Å²) in [6, 6.07) is 79.7. The molecule has 73 heavy (non-hydrogen) atoms. The van der Waals surface area contributed by atoms with Crippen LogP contribution < -0.4 is 14.5 Å². The minimum absolute atomic E-state index is 0.133. The number of para-hydroxylation sites is 2. The Hall–Kier alpha value is -8.67. The van der Waals surface area contributed by atoms with Gasteiger partial charge in [0.15, 0.2) is 0 Å². The van der Waals surface area contributed by atoms with Crippen LogP contribution in [-0.4, -0.2) is 16.2 Å². The predicted octanol–water partition coefficient (Wildman–Crippen LogP) is 18.5. The molecule has 2 aliphatic heterocycles. The second kappa shape index (κ2) is 17.0. The molecule has 11 aromatic rings. The van der Waals surface area contributed by atoms with Crippen LogP contribution in [0.3, 0.4) is 0 Å². The van der Waals surface area contributed by atoms with Crippen molar-refractivity contribution in [1.82, 2.24) is 9.55 Å². The van der Waals surface area contributed by atoms with Crippen molar-refractivity contribution in [1.29, 1.82) is 0 Å². The molecular weight excluding hydrogens is 889 g/mol. The van der Waals surface area contributed by atoms with Gasteiger partial charge < -0.3 is 14.5 Å². The molecule has 354 valence electrons. The summed E-state index contributed by atoms with van der Waals surface area (Å²) >= 11 is 0. The van der Waals surface area contributed by atoms with Crippen LogP contribution in [-0.2, 0) is 10.8 Å². The smallest absolute Gasteiger partial charge is 0.138 e. The lowest BCUT2D eigenvalue weighted by molar-refractivity contribution is 0.483. The fourth-order valence-corrected chi connectivity index (χ4v) is 11.0. The van der Waals surface area contributed by atoms with Gasteiger partial charge in [-0.25, -0.2) is 4.98 Å².